The molecule has 0 aliphatic heterocycles. The van der Waals surface area contributed by atoms with E-state index in [0.717, 1.165) is 17.0 Å². The number of nitrogens with two attached hydrogens (primary N) is 2. The molecule has 5 nitrogen and oxygen atoms in total. The van der Waals surface area contributed by atoms with Crippen molar-refractivity contribution in [3.8, 4) is 0 Å². The van der Waals surface area contributed by atoms with Gasteiger partial charge < -0.3 is 11.5 Å². The lowest BCUT2D eigenvalue weighted by Gasteiger charge is -2.09. The van der Waals surface area contributed by atoms with Gasteiger partial charge in [0.25, 0.3) is 0 Å². The van der Waals surface area contributed by atoms with Crippen LogP contribution in [0.15, 0.2) is 0 Å². The van der Waals surface area contributed by atoms with E-state index >= 15 is 0 Å². The Morgan fingerprint density at radius 2 is 2.14 bits per heavy atom. The largest absolute Gasteiger partial charge is 0.370 e. The SMILES string of the molecule is Cc1nn(C)c(C)c1[C@@H](N)CC(N)=O. The molecule has 1 atom stereocenters. The third kappa shape index (κ3) is 1.93. The molecule has 0 saturated heterocycles. The maximum Gasteiger partial charge on any atom is 0.219 e. The molecule has 0 aromatic carbocycles. The van der Waals surface area contributed by atoms with Gasteiger partial charge in [-0.2, -0.15) is 5.10 Å². The molecule has 0 bridgehead atoms. The molecule has 1 aromatic heterocycles. The number of aryl methyl sites for hydroxylation is 2. The molecule has 0 spiro atoms. The van der Waals surface area contributed by atoms with Gasteiger partial charge in [-0.1, -0.05) is 0 Å². The van der Waals surface area contributed by atoms with E-state index < -0.39 is 0 Å². The van der Waals surface area contributed by atoms with Crippen LogP contribution in [0.25, 0.3) is 0 Å². The molecule has 0 radical (unpaired) electrons. The van der Waals surface area contributed by atoms with E-state index in [2.05, 4.69) is 5.10 Å². The molecule has 1 aromatic rings. The molecule has 0 fully saturated rings. The van der Waals surface area contributed by atoms with Crippen molar-refractivity contribution < 1.29 is 4.79 Å². The summed E-state index contributed by atoms with van der Waals surface area (Å²) >= 11 is 0. The maximum absolute atomic E-state index is 10.7. The highest BCUT2D eigenvalue weighted by molar-refractivity contribution is 5.74. The fourth-order valence-electron chi connectivity index (χ4n) is 1.65. The third-order valence-electron chi connectivity index (χ3n) is 2.36. The molecule has 1 amide bonds. The van der Waals surface area contributed by atoms with Crippen molar-refractivity contribution in [1.29, 1.82) is 0 Å². The lowest BCUT2D eigenvalue weighted by molar-refractivity contribution is -0.118. The minimum Gasteiger partial charge on any atom is -0.370 e. The summed E-state index contributed by atoms with van der Waals surface area (Å²) in [5, 5.41) is 4.22. The summed E-state index contributed by atoms with van der Waals surface area (Å²) in [7, 11) is 1.85. The van der Waals surface area contributed by atoms with Crippen molar-refractivity contribution >= 4 is 5.91 Å². The Balaban J connectivity index is 2.99. The summed E-state index contributed by atoms with van der Waals surface area (Å²) in [6.07, 6.45) is 0.160. The van der Waals surface area contributed by atoms with E-state index in [1.54, 1.807) is 4.68 Å². The van der Waals surface area contributed by atoms with Gasteiger partial charge in [0, 0.05) is 30.8 Å². The Morgan fingerprint density at radius 1 is 1.57 bits per heavy atom. The molecule has 0 aliphatic rings. The minimum absolute atomic E-state index is 0.160. The Morgan fingerprint density at radius 3 is 2.50 bits per heavy atom. The van der Waals surface area contributed by atoms with Crippen LogP contribution in [0.1, 0.15) is 29.4 Å². The molecular formula is C9H16N4O. The lowest BCUT2D eigenvalue weighted by Crippen LogP contribution is -2.21. The molecular weight excluding hydrogens is 180 g/mol. The van der Waals surface area contributed by atoms with Crippen molar-refractivity contribution in [2.24, 2.45) is 18.5 Å². The number of carbonyl (C=O) groups excluding carboxylic acids is 1. The van der Waals surface area contributed by atoms with Crippen molar-refractivity contribution in [3.63, 3.8) is 0 Å². The van der Waals surface area contributed by atoms with Crippen molar-refractivity contribution in [3.05, 3.63) is 17.0 Å². The van der Waals surface area contributed by atoms with E-state index in [-0.39, 0.29) is 18.4 Å². The van der Waals surface area contributed by atoms with Crippen LogP contribution in [-0.4, -0.2) is 15.7 Å². The fourth-order valence-corrected chi connectivity index (χ4v) is 1.65. The first-order valence-electron chi connectivity index (χ1n) is 4.47. The van der Waals surface area contributed by atoms with E-state index in [1.165, 1.54) is 0 Å². The van der Waals surface area contributed by atoms with Gasteiger partial charge in [-0.3, -0.25) is 9.48 Å². The van der Waals surface area contributed by atoms with Crippen molar-refractivity contribution in [1.82, 2.24) is 9.78 Å². The van der Waals surface area contributed by atoms with Gasteiger partial charge >= 0.3 is 0 Å². The highest BCUT2D eigenvalue weighted by Crippen LogP contribution is 2.21. The highest BCUT2D eigenvalue weighted by Gasteiger charge is 2.17. The van der Waals surface area contributed by atoms with E-state index in [9.17, 15) is 4.79 Å². The second-order valence-electron chi connectivity index (χ2n) is 3.49. The first kappa shape index (κ1) is 10.7. The quantitative estimate of drug-likeness (QED) is 0.708. The number of amides is 1. The van der Waals surface area contributed by atoms with Crippen LogP contribution in [-0.2, 0) is 11.8 Å². The summed E-state index contributed by atoms with van der Waals surface area (Å²) in [5.41, 5.74) is 13.7. The van der Waals surface area contributed by atoms with Crippen LogP contribution >= 0.6 is 0 Å². The molecule has 4 N–H and O–H groups in total. The van der Waals surface area contributed by atoms with Gasteiger partial charge in [-0.25, -0.2) is 0 Å². The second kappa shape index (κ2) is 3.79. The van der Waals surface area contributed by atoms with Gasteiger partial charge in [0.15, 0.2) is 0 Å². The average molecular weight is 196 g/mol. The zero-order valence-corrected chi connectivity index (χ0v) is 8.74. The number of hydrogen-bond donors (Lipinski definition) is 2. The van der Waals surface area contributed by atoms with Crippen molar-refractivity contribution in [2.45, 2.75) is 26.3 Å². The molecule has 0 saturated carbocycles. The first-order valence-corrected chi connectivity index (χ1v) is 4.47. The standard InChI is InChI=1S/C9H16N4O/c1-5-9(6(2)13(3)12-5)7(10)4-8(11)14/h7H,4,10H2,1-3H3,(H2,11,14)/t7-/m0/s1. The summed E-state index contributed by atoms with van der Waals surface area (Å²) in [5.74, 6) is -0.389. The van der Waals surface area contributed by atoms with E-state index in [4.69, 9.17) is 11.5 Å². The van der Waals surface area contributed by atoms with E-state index in [1.807, 2.05) is 20.9 Å². The Hall–Kier alpha value is -1.36. The lowest BCUT2D eigenvalue weighted by atomic mass is 10.0. The van der Waals surface area contributed by atoms with Crippen LogP contribution < -0.4 is 11.5 Å². The first-order chi connectivity index (χ1) is 6.43. The molecule has 0 unspecified atom stereocenters. The summed E-state index contributed by atoms with van der Waals surface area (Å²) < 4.78 is 1.76. The highest BCUT2D eigenvalue weighted by atomic mass is 16.1. The van der Waals surface area contributed by atoms with Gasteiger partial charge in [0.2, 0.25) is 5.91 Å². The minimum atomic E-state index is -0.389. The van der Waals surface area contributed by atoms with Crippen molar-refractivity contribution in [2.75, 3.05) is 0 Å². The van der Waals surface area contributed by atoms with E-state index in [0.29, 0.717) is 0 Å². The van der Waals surface area contributed by atoms with Gasteiger partial charge in [-0.05, 0) is 13.8 Å². The summed E-state index contributed by atoms with van der Waals surface area (Å²) in [6.45, 7) is 3.80. The van der Waals surface area contributed by atoms with Crippen LogP contribution in [0.5, 0.6) is 0 Å². The molecule has 78 valence electrons. The van der Waals surface area contributed by atoms with Crippen LogP contribution in [0.2, 0.25) is 0 Å². The molecule has 0 aliphatic carbocycles. The predicted molar refractivity (Wildman–Crippen MR) is 53.4 cm³/mol. The molecule has 1 heterocycles. The molecule has 14 heavy (non-hydrogen) atoms. The zero-order valence-electron chi connectivity index (χ0n) is 8.74. The number of aromatic nitrogens is 2. The summed E-state index contributed by atoms with van der Waals surface area (Å²) in [6, 6.07) is -0.346. The topological polar surface area (TPSA) is 86.9 Å². The fraction of sp³-hybridized carbons (Fsp3) is 0.556. The number of hydrogen-bond acceptors (Lipinski definition) is 3. The Bertz CT molecular complexity index is 356. The van der Waals surface area contributed by atoms with Crippen LogP contribution in [0.3, 0.4) is 0 Å². The third-order valence-corrected chi connectivity index (χ3v) is 2.36. The maximum atomic E-state index is 10.7. The van der Waals surface area contributed by atoms with Crippen LogP contribution in [0.4, 0.5) is 0 Å². The zero-order chi connectivity index (χ0) is 10.9. The predicted octanol–water partition coefficient (Wildman–Crippen LogP) is -0.0879. The monoisotopic (exact) mass is 196 g/mol. The van der Waals surface area contributed by atoms with Gasteiger partial charge in [0.1, 0.15) is 0 Å². The molecule has 5 heteroatoms. The van der Waals surface area contributed by atoms with Crippen LogP contribution in [0, 0.1) is 13.8 Å². The number of rotatable bonds is 3. The van der Waals surface area contributed by atoms with Gasteiger partial charge in [-0.15, -0.1) is 0 Å². The normalized spacial score (nSPS) is 12.9. The Labute approximate surface area is 83.1 Å². The average Bonchev–Trinajstić information content (AvgIpc) is 2.25. The number of carbonyl (C=O) groups is 1. The Kier molecular flexibility index (Phi) is 2.90. The van der Waals surface area contributed by atoms with Gasteiger partial charge in [0.05, 0.1) is 5.69 Å². The summed E-state index contributed by atoms with van der Waals surface area (Å²) in [4.78, 5) is 10.7. The smallest absolute Gasteiger partial charge is 0.219 e. The molecule has 1 rings (SSSR count). The second-order valence-corrected chi connectivity index (χ2v) is 3.49. The number of nitrogens with zero attached hydrogens (tertiary/aromatic N) is 2. The number of primary amides is 1.